The smallest absolute Gasteiger partial charge is 0.129 e. The molecule has 0 atom stereocenters. The van der Waals surface area contributed by atoms with Crippen molar-refractivity contribution in [3.05, 3.63) is 23.4 Å². The Morgan fingerprint density at radius 1 is 1.20 bits per heavy atom. The predicted molar refractivity (Wildman–Crippen MR) is 88.3 cm³/mol. The Kier molecular flexibility index (Phi) is 7.60. The zero-order valence-corrected chi connectivity index (χ0v) is 13.9. The van der Waals surface area contributed by atoms with E-state index in [4.69, 9.17) is 4.98 Å². The molecule has 1 aromatic heterocycles. The quantitative estimate of drug-likeness (QED) is 0.747. The van der Waals surface area contributed by atoms with Crippen molar-refractivity contribution in [2.45, 2.75) is 54.0 Å². The molecule has 0 saturated carbocycles. The van der Waals surface area contributed by atoms with Crippen LogP contribution in [0.5, 0.6) is 0 Å². The van der Waals surface area contributed by atoms with Crippen molar-refractivity contribution >= 4 is 5.82 Å². The molecule has 0 spiro atoms. The summed E-state index contributed by atoms with van der Waals surface area (Å²) in [5.74, 6) is 1.80. The van der Waals surface area contributed by atoms with Gasteiger partial charge in [0.2, 0.25) is 0 Å². The Morgan fingerprint density at radius 3 is 2.50 bits per heavy atom. The Balaban J connectivity index is 2.98. The van der Waals surface area contributed by atoms with Crippen LogP contribution in [0.25, 0.3) is 0 Å². The maximum Gasteiger partial charge on any atom is 0.129 e. The average molecular weight is 277 g/mol. The van der Waals surface area contributed by atoms with E-state index in [1.54, 1.807) is 0 Å². The molecule has 0 aliphatic heterocycles. The highest BCUT2D eigenvalue weighted by atomic mass is 15.2. The minimum absolute atomic E-state index is 0.656. The second-order valence-electron chi connectivity index (χ2n) is 5.79. The highest BCUT2D eigenvalue weighted by Crippen LogP contribution is 2.17. The van der Waals surface area contributed by atoms with E-state index in [1.165, 1.54) is 11.3 Å². The maximum absolute atomic E-state index is 4.85. The van der Waals surface area contributed by atoms with Crippen LogP contribution in [-0.4, -0.2) is 24.6 Å². The van der Waals surface area contributed by atoms with Crippen molar-refractivity contribution in [3.8, 4) is 0 Å². The summed E-state index contributed by atoms with van der Waals surface area (Å²) in [6.07, 6.45) is 2.21. The highest BCUT2D eigenvalue weighted by molar-refractivity contribution is 5.43. The predicted octanol–water partition coefficient (Wildman–Crippen LogP) is 3.63. The molecule has 3 nitrogen and oxygen atoms in total. The van der Waals surface area contributed by atoms with Gasteiger partial charge in [-0.2, -0.15) is 0 Å². The van der Waals surface area contributed by atoms with Crippen molar-refractivity contribution < 1.29 is 0 Å². The molecule has 1 aromatic rings. The number of aryl methyl sites for hydroxylation is 1. The standard InChI is InChI=1S/C17H31N3/c1-6-9-16-10-15(12-18-7-2)11-17(19-16)20(8-3)13-14(4)5/h10-11,14,18H,6-9,12-13H2,1-5H3. The topological polar surface area (TPSA) is 28.2 Å². The first kappa shape index (κ1) is 17.0. The number of hydrogen-bond acceptors (Lipinski definition) is 3. The third-order valence-corrected chi connectivity index (χ3v) is 3.30. The number of nitrogens with zero attached hydrogens (tertiary/aromatic N) is 2. The van der Waals surface area contributed by atoms with E-state index in [9.17, 15) is 0 Å². The van der Waals surface area contributed by atoms with E-state index in [0.29, 0.717) is 5.92 Å². The van der Waals surface area contributed by atoms with Gasteiger partial charge in [0.05, 0.1) is 0 Å². The molecule has 0 fully saturated rings. The highest BCUT2D eigenvalue weighted by Gasteiger charge is 2.10. The van der Waals surface area contributed by atoms with Gasteiger partial charge in [-0.15, -0.1) is 0 Å². The van der Waals surface area contributed by atoms with Crippen LogP contribution in [-0.2, 0) is 13.0 Å². The molecule has 0 bridgehead atoms. The summed E-state index contributed by atoms with van der Waals surface area (Å²) in [6, 6.07) is 4.49. The van der Waals surface area contributed by atoms with E-state index in [0.717, 1.165) is 44.8 Å². The first-order valence-electron chi connectivity index (χ1n) is 8.06. The van der Waals surface area contributed by atoms with Gasteiger partial charge >= 0.3 is 0 Å². The Bertz CT molecular complexity index is 388. The first-order valence-corrected chi connectivity index (χ1v) is 8.06. The van der Waals surface area contributed by atoms with Gasteiger partial charge < -0.3 is 10.2 Å². The molecule has 1 N–H and O–H groups in total. The summed E-state index contributed by atoms with van der Waals surface area (Å²) >= 11 is 0. The molecule has 114 valence electrons. The second kappa shape index (κ2) is 8.96. The monoisotopic (exact) mass is 277 g/mol. The minimum atomic E-state index is 0.656. The van der Waals surface area contributed by atoms with E-state index >= 15 is 0 Å². The number of anilines is 1. The van der Waals surface area contributed by atoms with Gasteiger partial charge in [-0.3, -0.25) is 0 Å². The fourth-order valence-corrected chi connectivity index (χ4v) is 2.38. The zero-order chi connectivity index (χ0) is 15.0. The number of nitrogens with one attached hydrogen (secondary N) is 1. The van der Waals surface area contributed by atoms with Crippen molar-refractivity contribution in [3.63, 3.8) is 0 Å². The van der Waals surface area contributed by atoms with Gasteiger partial charge in [0.15, 0.2) is 0 Å². The first-order chi connectivity index (χ1) is 9.60. The molecule has 0 saturated heterocycles. The fourth-order valence-electron chi connectivity index (χ4n) is 2.38. The van der Waals surface area contributed by atoms with Crippen LogP contribution in [0.4, 0.5) is 5.82 Å². The average Bonchev–Trinajstić information content (AvgIpc) is 2.42. The maximum atomic E-state index is 4.85. The Morgan fingerprint density at radius 2 is 1.95 bits per heavy atom. The van der Waals surface area contributed by atoms with Crippen LogP contribution in [0, 0.1) is 5.92 Å². The lowest BCUT2D eigenvalue weighted by atomic mass is 10.1. The van der Waals surface area contributed by atoms with Crippen molar-refractivity contribution in [2.24, 2.45) is 5.92 Å². The van der Waals surface area contributed by atoms with Crippen LogP contribution >= 0.6 is 0 Å². The van der Waals surface area contributed by atoms with Gasteiger partial charge in [-0.25, -0.2) is 4.98 Å². The summed E-state index contributed by atoms with van der Waals surface area (Å²) < 4.78 is 0. The molecular weight excluding hydrogens is 246 g/mol. The lowest BCUT2D eigenvalue weighted by Crippen LogP contribution is -2.28. The summed E-state index contributed by atoms with van der Waals surface area (Å²) in [5.41, 5.74) is 2.57. The van der Waals surface area contributed by atoms with Gasteiger partial charge in [-0.05, 0) is 43.5 Å². The zero-order valence-electron chi connectivity index (χ0n) is 13.9. The Hall–Kier alpha value is -1.09. The van der Waals surface area contributed by atoms with Gasteiger partial charge in [0, 0.05) is 25.3 Å². The number of hydrogen-bond donors (Lipinski definition) is 1. The summed E-state index contributed by atoms with van der Waals surface area (Å²) in [4.78, 5) is 7.24. The lowest BCUT2D eigenvalue weighted by Gasteiger charge is -2.25. The molecule has 3 heteroatoms. The fraction of sp³-hybridized carbons (Fsp3) is 0.706. The molecule has 0 unspecified atom stereocenters. The van der Waals surface area contributed by atoms with Gasteiger partial charge in [-0.1, -0.05) is 34.1 Å². The molecule has 0 aromatic carbocycles. The number of pyridine rings is 1. The van der Waals surface area contributed by atoms with Crippen molar-refractivity contribution in [1.82, 2.24) is 10.3 Å². The van der Waals surface area contributed by atoms with Crippen LogP contribution in [0.2, 0.25) is 0 Å². The minimum Gasteiger partial charge on any atom is -0.357 e. The number of aromatic nitrogens is 1. The SMILES string of the molecule is CCCc1cc(CNCC)cc(N(CC)CC(C)C)n1. The third-order valence-electron chi connectivity index (χ3n) is 3.30. The van der Waals surface area contributed by atoms with Crippen LogP contribution in [0.15, 0.2) is 12.1 Å². The molecule has 0 radical (unpaired) electrons. The molecule has 20 heavy (non-hydrogen) atoms. The molecule has 1 heterocycles. The second-order valence-corrected chi connectivity index (χ2v) is 5.79. The van der Waals surface area contributed by atoms with Crippen LogP contribution in [0.3, 0.4) is 0 Å². The van der Waals surface area contributed by atoms with Crippen molar-refractivity contribution in [1.29, 1.82) is 0 Å². The van der Waals surface area contributed by atoms with E-state index in [2.05, 4.69) is 57.0 Å². The Labute approximate surface area is 124 Å². The number of rotatable bonds is 9. The molecule has 1 rings (SSSR count). The summed E-state index contributed by atoms with van der Waals surface area (Å²) in [7, 11) is 0. The molecular formula is C17H31N3. The van der Waals surface area contributed by atoms with Gasteiger partial charge in [0.25, 0.3) is 0 Å². The van der Waals surface area contributed by atoms with E-state index < -0.39 is 0 Å². The molecule has 0 aliphatic carbocycles. The summed E-state index contributed by atoms with van der Waals surface area (Å²) in [5, 5.41) is 3.41. The van der Waals surface area contributed by atoms with Crippen molar-refractivity contribution in [2.75, 3.05) is 24.5 Å². The lowest BCUT2D eigenvalue weighted by molar-refractivity contribution is 0.612. The normalized spacial score (nSPS) is 11.1. The molecule has 0 amide bonds. The van der Waals surface area contributed by atoms with Gasteiger partial charge in [0.1, 0.15) is 5.82 Å². The summed E-state index contributed by atoms with van der Waals surface area (Å²) in [6.45, 7) is 15.1. The third kappa shape index (κ3) is 5.49. The largest absolute Gasteiger partial charge is 0.357 e. The molecule has 0 aliphatic rings. The van der Waals surface area contributed by atoms with Crippen LogP contribution in [0.1, 0.15) is 52.3 Å². The van der Waals surface area contributed by atoms with E-state index in [-0.39, 0.29) is 0 Å². The van der Waals surface area contributed by atoms with E-state index in [1.807, 2.05) is 0 Å². The van der Waals surface area contributed by atoms with Crippen LogP contribution < -0.4 is 10.2 Å².